The van der Waals surface area contributed by atoms with Crippen LogP contribution < -0.4 is 14.9 Å². The SMILES string of the molecule is CCOc1ccc2ccccc2c1/C=N/NC(=O)COc1ccc(C(C)(C)c2ccccc2)cc1. The van der Waals surface area contributed by atoms with Crippen molar-refractivity contribution >= 4 is 22.9 Å². The molecule has 0 aliphatic carbocycles. The zero-order chi connectivity index (χ0) is 24.7. The molecule has 0 aliphatic rings. The number of ether oxygens (including phenoxy) is 2. The molecule has 0 aliphatic heterocycles. The van der Waals surface area contributed by atoms with Gasteiger partial charge in [0.2, 0.25) is 0 Å². The number of nitrogens with one attached hydrogen (secondary N) is 1. The summed E-state index contributed by atoms with van der Waals surface area (Å²) in [5.74, 6) is 1.01. The van der Waals surface area contributed by atoms with Crippen LogP contribution in [0, 0.1) is 0 Å². The molecular formula is C30H30N2O3. The predicted octanol–water partition coefficient (Wildman–Crippen LogP) is 6.09. The van der Waals surface area contributed by atoms with E-state index < -0.39 is 0 Å². The van der Waals surface area contributed by atoms with E-state index in [0.29, 0.717) is 12.4 Å². The Kier molecular flexibility index (Phi) is 7.46. The molecule has 5 heteroatoms. The fraction of sp³-hybridized carbons (Fsp3) is 0.200. The summed E-state index contributed by atoms with van der Waals surface area (Å²) in [7, 11) is 0. The second kappa shape index (κ2) is 10.9. The maximum atomic E-state index is 12.3. The lowest BCUT2D eigenvalue weighted by molar-refractivity contribution is -0.123. The highest BCUT2D eigenvalue weighted by Gasteiger charge is 2.22. The summed E-state index contributed by atoms with van der Waals surface area (Å²) < 4.78 is 11.4. The highest BCUT2D eigenvalue weighted by molar-refractivity contribution is 6.02. The van der Waals surface area contributed by atoms with Gasteiger partial charge in [-0.05, 0) is 47.0 Å². The molecule has 0 atom stereocenters. The van der Waals surface area contributed by atoms with Crippen molar-refractivity contribution in [1.29, 1.82) is 0 Å². The minimum absolute atomic E-state index is 0.131. The van der Waals surface area contributed by atoms with Crippen LogP contribution in [0.5, 0.6) is 11.5 Å². The predicted molar refractivity (Wildman–Crippen MR) is 141 cm³/mol. The number of nitrogens with zero attached hydrogens (tertiary/aromatic N) is 1. The van der Waals surface area contributed by atoms with Gasteiger partial charge in [-0.1, -0.05) is 86.6 Å². The molecule has 0 fully saturated rings. The van der Waals surface area contributed by atoms with E-state index in [4.69, 9.17) is 9.47 Å². The maximum absolute atomic E-state index is 12.3. The summed E-state index contributed by atoms with van der Waals surface area (Å²) in [6.07, 6.45) is 1.62. The van der Waals surface area contributed by atoms with Crippen molar-refractivity contribution in [3.63, 3.8) is 0 Å². The number of carbonyl (C=O) groups excluding carboxylic acids is 1. The van der Waals surface area contributed by atoms with Crippen LogP contribution in [0.3, 0.4) is 0 Å². The summed E-state index contributed by atoms with van der Waals surface area (Å²) in [6.45, 7) is 6.73. The molecule has 4 rings (SSSR count). The minimum atomic E-state index is -0.340. The number of fused-ring (bicyclic) bond motifs is 1. The maximum Gasteiger partial charge on any atom is 0.277 e. The fourth-order valence-corrected chi connectivity index (χ4v) is 4.03. The second-order valence-electron chi connectivity index (χ2n) is 8.73. The third-order valence-electron chi connectivity index (χ3n) is 6.05. The molecule has 5 nitrogen and oxygen atoms in total. The summed E-state index contributed by atoms with van der Waals surface area (Å²) >= 11 is 0. The molecule has 0 radical (unpaired) electrons. The van der Waals surface area contributed by atoms with E-state index >= 15 is 0 Å². The van der Waals surface area contributed by atoms with Crippen LogP contribution in [-0.2, 0) is 10.2 Å². The Bertz CT molecular complexity index is 1310. The van der Waals surface area contributed by atoms with Gasteiger partial charge in [0.05, 0.1) is 12.8 Å². The Morgan fingerprint density at radius 2 is 1.54 bits per heavy atom. The lowest BCUT2D eigenvalue weighted by atomic mass is 9.78. The molecule has 1 amide bonds. The van der Waals surface area contributed by atoms with Gasteiger partial charge in [-0.3, -0.25) is 4.79 Å². The summed E-state index contributed by atoms with van der Waals surface area (Å²) in [5.41, 5.74) is 5.65. The van der Waals surface area contributed by atoms with Gasteiger partial charge < -0.3 is 9.47 Å². The number of benzene rings is 4. The highest BCUT2D eigenvalue weighted by atomic mass is 16.5. The topological polar surface area (TPSA) is 59.9 Å². The number of amides is 1. The van der Waals surface area contributed by atoms with Crippen molar-refractivity contribution in [2.24, 2.45) is 5.10 Å². The Hall–Kier alpha value is -4.12. The summed E-state index contributed by atoms with van der Waals surface area (Å²) in [4.78, 5) is 12.3. The van der Waals surface area contributed by atoms with Gasteiger partial charge in [-0.15, -0.1) is 0 Å². The molecular weight excluding hydrogens is 436 g/mol. The van der Waals surface area contributed by atoms with Gasteiger partial charge in [0.15, 0.2) is 6.61 Å². The average molecular weight is 467 g/mol. The molecule has 35 heavy (non-hydrogen) atoms. The van der Waals surface area contributed by atoms with E-state index in [-0.39, 0.29) is 17.9 Å². The second-order valence-corrected chi connectivity index (χ2v) is 8.73. The van der Waals surface area contributed by atoms with E-state index in [0.717, 1.165) is 22.1 Å². The van der Waals surface area contributed by atoms with Crippen LogP contribution in [0.25, 0.3) is 10.8 Å². The van der Waals surface area contributed by atoms with Crippen molar-refractivity contribution < 1.29 is 14.3 Å². The third-order valence-corrected chi connectivity index (χ3v) is 6.05. The van der Waals surface area contributed by atoms with Crippen LogP contribution >= 0.6 is 0 Å². The summed E-state index contributed by atoms with van der Waals surface area (Å²) in [5, 5.41) is 6.22. The van der Waals surface area contributed by atoms with Crippen molar-refractivity contribution in [2.75, 3.05) is 13.2 Å². The van der Waals surface area contributed by atoms with Crippen molar-refractivity contribution in [3.8, 4) is 11.5 Å². The quantitative estimate of drug-likeness (QED) is 0.240. The number of carbonyl (C=O) groups is 1. The molecule has 0 aromatic heterocycles. The molecule has 0 bridgehead atoms. The Balaban J connectivity index is 1.37. The minimum Gasteiger partial charge on any atom is -0.493 e. The summed E-state index contributed by atoms with van der Waals surface area (Å²) in [6, 6.07) is 30.1. The standard InChI is InChI=1S/C30H30N2O3/c1-4-34-28-19-14-22-10-8-9-13-26(22)27(28)20-31-32-29(33)21-35-25-17-15-24(16-18-25)30(2,3)23-11-6-5-7-12-23/h5-20H,4,21H2,1-3H3,(H,32,33)/b31-20+. The molecule has 178 valence electrons. The van der Waals surface area contributed by atoms with Crippen molar-refractivity contribution in [3.05, 3.63) is 108 Å². The van der Waals surface area contributed by atoms with Gasteiger partial charge in [-0.25, -0.2) is 5.43 Å². The van der Waals surface area contributed by atoms with Gasteiger partial charge in [0.1, 0.15) is 11.5 Å². The smallest absolute Gasteiger partial charge is 0.277 e. The number of hydrogen-bond acceptors (Lipinski definition) is 4. The first kappa shape index (κ1) is 24.0. The Morgan fingerprint density at radius 1 is 0.857 bits per heavy atom. The lowest BCUT2D eigenvalue weighted by Gasteiger charge is -2.26. The molecule has 0 saturated heterocycles. The first-order valence-electron chi connectivity index (χ1n) is 11.7. The first-order chi connectivity index (χ1) is 17.0. The van der Waals surface area contributed by atoms with Crippen LogP contribution in [0.2, 0.25) is 0 Å². The fourth-order valence-electron chi connectivity index (χ4n) is 4.03. The van der Waals surface area contributed by atoms with E-state index in [1.165, 1.54) is 11.1 Å². The molecule has 0 unspecified atom stereocenters. The van der Waals surface area contributed by atoms with E-state index in [1.54, 1.807) is 6.21 Å². The van der Waals surface area contributed by atoms with Gasteiger partial charge in [-0.2, -0.15) is 5.10 Å². The number of rotatable bonds is 9. The molecule has 4 aromatic rings. The Morgan fingerprint density at radius 3 is 2.29 bits per heavy atom. The van der Waals surface area contributed by atoms with Gasteiger partial charge in [0, 0.05) is 11.0 Å². The molecule has 4 aromatic carbocycles. The normalized spacial score (nSPS) is 11.5. The molecule has 0 heterocycles. The van der Waals surface area contributed by atoms with Gasteiger partial charge in [0.25, 0.3) is 5.91 Å². The molecule has 0 spiro atoms. The van der Waals surface area contributed by atoms with E-state index in [9.17, 15) is 4.79 Å². The largest absolute Gasteiger partial charge is 0.493 e. The number of hydrazone groups is 1. The monoisotopic (exact) mass is 466 g/mol. The van der Waals surface area contributed by atoms with Crippen molar-refractivity contribution in [2.45, 2.75) is 26.2 Å². The van der Waals surface area contributed by atoms with E-state index in [1.807, 2.05) is 85.8 Å². The third kappa shape index (κ3) is 5.69. The van der Waals surface area contributed by atoms with Crippen LogP contribution in [0.1, 0.15) is 37.5 Å². The number of hydrogen-bond donors (Lipinski definition) is 1. The van der Waals surface area contributed by atoms with Crippen molar-refractivity contribution in [1.82, 2.24) is 5.43 Å². The van der Waals surface area contributed by atoms with E-state index in [2.05, 4.69) is 36.5 Å². The highest BCUT2D eigenvalue weighted by Crippen LogP contribution is 2.32. The zero-order valence-corrected chi connectivity index (χ0v) is 20.3. The van der Waals surface area contributed by atoms with Crippen LogP contribution in [-0.4, -0.2) is 25.3 Å². The lowest BCUT2D eigenvalue weighted by Crippen LogP contribution is -2.24. The Labute approximate surface area is 206 Å². The zero-order valence-electron chi connectivity index (χ0n) is 20.3. The molecule has 0 saturated carbocycles. The van der Waals surface area contributed by atoms with Gasteiger partial charge >= 0.3 is 0 Å². The molecule has 1 N–H and O–H groups in total. The average Bonchev–Trinajstić information content (AvgIpc) is 2.89. The first-order valence-corrected chi connectivity index (χ1v) is 11.7. The van der Waals surface area contributed by atoms with Crippen LogP contribution in [0.15, 0.2) is 96.1 Å². The van der Waals surface area contributed by atoms with Crippen LogP contribution in [0.4, 0.5) is 0 Å².